The Hall–Kier alpha value is -0.570. The molecule has 0 unspecified atom stereocenters. The van der Waals surface area contributed by atoms with E-state index in [9.17, 15) is 4.79 Å². The summed E-state index contributed by atoms with van der Waals surface area (Å²) in [7, 11) is 0. The monoisotopic (exact) mass is 170 g/mol. The molecule has 3 nitrogen and oxygen atoms in total. The van der Waals surface area contributed by atoms with Crippen LogP contribution < -0.4 is 5.43 Å². The lowest BCUT2D eigenvalue weighted by Gasteiger charge is -2.13. The summed E-state index contributed by atoms with van der Waals surface area (Å²) in [6.45, 7) is 4.12. The third kappa shape index (κ3) is 3.22. The van der Waals surface area contributed by atoms with Crippen molar-refractivity contribution in [1.82, 2.24) is 10.4 Å². The average Bonchev–Trinajstić information content (AvgIpc) is 2.45. The van der Waals surface area contributed by atoms with Crippen LogP contribution in [0.15, 0.2) is 0 Å². The number of amides is 1. The topological polar surface area (TPSA) is 32.3 Å². The maximum atomic E-state index is 10.8. The Morgan fingerprint density at radius 2 is 2.25 bits per heavy atom. The summed E-state index contributed by atoms with van der Waals surface area (Å²) in [5, 5.41) is 2.03. The van der Waals surface area contributed by atoms with Crippen LogP contribution in [0.3, 0.4) is 0 Å². The van der Waals surface area contributed by atoms with Crippen LogP contribution in [0.5, 0.6) is 0 Å². The van der Waals surface area contributed by atoms with Gasteiger partial charge in [-0.1, -0.05) is 26.2 Å². The number of hydrogen-bond donors (Lipinski definition) is 1. The fourth-order valence-corrected chi connectivity index (χ4v) is 1.42. The molecule has 1 N–H and O–H groups in total. The van der Waals surface area contributed by atoms with Gasteiger partial charge in [0.1, 0.15) is 0 Å². The van der Waals surface area contributed by atoms with E-state index in [2.05, 4.69) is 12.3 Å². The van der Waals surface area contributed by atoms with Crippen LogP contribution in [0.2, 0.25) is 0 Å². The molecule has 3 heteroatoms. The maximum Gasteiger partial charge on any atom is 0.235 e. The fourth-order valence-electron chi connectivity index (χ4n) is 1.42. The van der Waals surface area contributed by atoms with Gasteiger partial charge in [0, 0.05) is 19.5 Å². The number of hydrazine groups is 1. The smallest absolute Gasteiger partial charge is 0.235 e. The first kappa shape index (κ1) is 9.52. The zero-order chi connectivity index (χ0) is 8.81. The Labute approximate surface area is 74.1 Å². The second kappa shape index (κ2) is 5.14. The molecule has 1 rings (SSSR count). The van der Waals surface area contributed by atoms with Crippen molar-refractivity contribution in [3.63, 3.8) is 0 Å². The maximum absolute atomic E-state index is 10.8. The average molecular weight is 170 g/mol. The molecule has 0 atom stereocenters. The van der Waals surface area contributed by atoms with Crippen molar-refractivity contribution in [3.05, 3.63) is 0 Å². The lowest BCUT2D eigenvalue weighted by atomic mass is 10.2. The normalized spacial score (nSPS) is 18.2. The standard InChI is InChI=1S/C9H18N2O/c1-2-3-4-5-7-11-8-6-9(12)10-11/h2-8H2,1H3,(H,10,12). The lowest BCUT2D eigenvalue weighted by Crippen LogP contribution is -2.33. The molecule has 0 aliphatic carbocycles. The summed E-state index contributed by atoms with van der Waals surface area (Å²) in [6.07, 6.45) is 5.74. The first-order valence-corrected chi connectivity index (χ1v) is 4.87. The molecule has 0 bridgehead atoms. The molecule has 70 valence electrons. The molecule has 1 aliphatic rings. The highest BCUT2D eigenvalue weighted by Gasteiger charge is 2.16. The number of hydrogen-bond acceptors (Lipinski definition) is 2. The zero-order valence-electron chi connectivity index (χ0n) is 7.81. The highest BCUT2D eigenvalue weighted by Crippen LogP contribution is 2.03. The predicted octanol–water partition coefficient (Wildman–Crippen LogP) is 1.30. The summed E-state index contributed by atoms with van der Waals surface area (Å²) >= 11 is 0. The van der Waals surface area contributed by atoms with Crippen LogP contribution in [-0.4, -0.2) is 24.0 Å². The highest BCUT2D eigenvalue weighted by molar-refractivity contribution is 5.77. The Morgan fingerprint density at radius 1 is 1.42 bits per heavy atom. The van der Waals surface area contributed by atoms with Gasteiger partial charge in [0.2, 0.25) is 5.91 Å². The van der Waals surface area contributed by atoms with Crippen LogP contribution in [-0.2, 0) is 4.79 Å². The lowest BCUT2D eigenvalue weighted by molar-refractivity contribution is -0.121. The first-order chi connectivity index (χ1) is 5.83. The molecular formula is C9H18N2O. The Bertz CT molecular complexity index is 147. The summed E-state index contributed by atoms with van der Waals surface area (Å²) in [5.41, 5.74) is 2.83. The van der Waals surface area contributed by atoms with E-state index in [1.165, 1.54) is 25.7 Å². The van der Waals surface area contributed by atoms with Crippen molar-refractivity contribution in [2.75, 3.05) is 13.1 Å². The minimum Gasteiger partial charge on any atom is -0.289 e. The number of carbonyl (C=O) groups is 1. The molecule has 1 amide bonds. The zero-order valence-corrected chi connectivity index (χ0v) is 7.81. The quantitative estimate of drug-likeness (QED) is 0.631. The van der Waals surface area contributed by atoms with Crippen LogP contribution >= 0.6 is 0 Å². The van der Waals surface area contributed by atoms with Crippen molar-refractivity contribution in [1.29, 1.82) is 0 Å². The van der Waals surface area contributed by atoms with E-state index < -0.39 is 0 Å². The summed E-state index contributed by atoms with van der Waals surface area (Å²) < 4.78 is 0. The molecule has 1 saturated heterocycles. The molecule has 12 heavy (non-hydrogen) atoms. The molecule has 1 heterocycles. The van der Waals surface area contributed by atoms with Crippen molar-refractivity contribution in [2.45, 2.75) is 39.0 Å². The van der Waals surface area contributed by atoms with Crippen molar-refractivity contribution < 1.29 is 4.79 Å². The molecule has 0 aromatic rings. The van der Waals surface area contributed by atoms with Gasteiger partial charge in [-0.3, -0.25) is 10.2 Å². The number of nitrogens with one attached hydrogen (secondary N) is 1. The van der Waals surface area contributed by atoms with Crippen LogP contribution in [0.25, 0.3) is 0 Å². The number of rotatable bonds is 5. The van der Waals surface area contributed by atoms with Gasteiger partial charge < -0.3 is 0 Å². The van der Waals surface area contributed by atoms with Crippen LogP contribution in [0, 0.1) is 0 Å². The van der Waals surface area contributed by atoms with Crippen molar-refractivity contribution >= 4 is 5.91 Å². The Kier molecular flexibility index (Phi) is 4.08. The van der Waals surface area contributed by atoms with E-state index in [4.69, 9.17) is 0 Å². The predicted molar refractivity (Wildman–Crippen MR) is 48.5 cm³/mol. The molecule has 0 radical (unpaired) electrons. The summed E-state index contributed by atoms with van der Waals surface area (Å²) in [6, 6.07) is 0. The van der Waals surface area contributed by atoms with Crippen molar-refractivity contribution in [2.24, 2.45) is 0 Å². The fraction of sp³-hybridized carbons (Fsp3) is 0.889. The van der Waals surface area contributed by atoms with E-state index >= 15 is 0 Å². The molecule has 0 saturated carbocycles. The van der Waals surface area contributed by atoms with Crippen molar-refractivity contribution in [3.8, 4) is 0 Å². The van der Waals surface area contributed by atoms with Gasteiger partial charge in [-0.25, -0.2) is 5.01 Å². The van der Waals surface area contributed by atoms with E-state index in [0.29, 0.717) is 6.42 Å². The minimum atomic E-state index is 0.172. The first-order valence-electron chi connectivity index (χ1n) is 4.87. The number of unbranched alkanes of at least 4 members (excludes halogenated alkanes) is 3. The summed E-state index contributed by atoms with van der Waals surface area (Å²) in [5.74, 6) is 0.172. The third-order valence-corrected chi connectivity index (χ3v) is 2.17. The Balaban J connectivity index is 1.97. The van der Waals surface area contributed by atoms with Gasteiger partial charge in [0.05, 0.1) is 0 Å². The molecule has 0 spiro atoms. The van der Waals surface area contributed by atoms with Crippen LogP contribution in [0.1, 0.15) is 39.0 Å². The van der Waals surface area contributed by atoms with Gasteiger partial charge in [0.25, 0.3) is 0 Å². The van der Waals surface area contributed by atoms with Gasteiger partial charge in [-0.05, 0) is 6.42 Å². The second-order valence-electron chi connectivity index (χ2n) is 3.33. The third-order valence-electron chi connectivity index (χ3n) is 2.17. The van der Waals surface area contributed by atoms with Gasteiger partial charge in [-0.2, -0.15) is 0 Å². The van der Waals surface area contributed by atoms with E-state index in [1.807, 2.05) is 5.01 Å². The number of carbonyl (C=O) groups excluding carboxylic acids is 1. The highest BCUT2D eigenvalue weighted by atomic mass is 16.2. The SMILES string of the molecule is CCCCCCN1CCC(=O)N1. The summed E-state index contributed by atoms with van der Waals surface area (Å²) in [4.78, 5) is 10.8. The molecule has 1 aliphatic heterocycles. The molecule has 1 fully saturated rings. The van der Waals surface area contributed by atoms with E-state index in [0.717, 1.165) is 13.1 Å². The molecule has 0 aromatic heterocycles. The van der Waals surface area contributed by atoms with Gasteiger partial charge in [-0.15, -0.1) is 0 Å². The largest absolute Gasteiger partial charge is 0.289 e. The van der Waals surface area contributed by atoms with Gasteiger partial charge in [0.15, 0.2) is 0 Å². The van der Waals surface area contributed by atoms with E-state index in [-0.39, 0.29) is 5.91 Å². The molecular weight excluding hydrogens is 152 g/mol. The number of nitrogens with zero attached hydrogens (tertiary/aromatic N) is 1. The van der Waals surface area contributed by atoms with Gasteiger partial charge >= 0.3 is 0 Å². The molecule has 0 aromatic carbocycles. The van der Waals surface area contributed by atoms with E-state index in [1.54, 1.807) is 0 Å². The van der Waals surface area contributed by atoms with Crippen LogP contribution in [0.4, 0.5) is 0 Å². The minimum absolute atomic E-state index is 0.172. The Morgan fingerprint density at radius 3 is 2.83 bits per heavy atom. The second-order valence-corrected chi connectivity index (χ2v) is 3.33.